The topological polar surface area (TPSA) is 83.7 Å². The molecule has 0 N–H and O–H groups in total. The Balaban J connectivity index is 0.834. The Kier molecular flexibility index (Phi) is 10.1. The number of benzene rings is 3. The first-order valence-electron chi connectivity index (χ1n) is 18.1. The molecular formula is C39H45ClN8O3S. The minimum Gasteiger partial charge on any atom is -0.491 e. The number of hydrogen-bond acceptors (Lipinski definition) is 11. The first-order chi connectivity index (χ1) is 25.4. The van der Waals surface area contributed by atoms with Crippen molar-refractivity contribution in [3.63, 3.8) is 0 Å². The van der Waals surface area contributed by atoms with Crippen LogP contribution in [0.2, 0.25) is 5.02 Å². The summed E-state index contributed by atoms with van der Waals surface area (Å²) in [5.41, 5.74) is 6.02. The van der Waals surface area contributed by atoms with Gasteiger partial charge in [-0.1, -0.05) is 42.4 Å². The Morgan fingerprint density at radius 1 is 0.923 bits per heavy atom. The van der Waals surface area contributed by atoms with E-state index in [1.54, 1.807) is 6.33 Å². The van der Waals surface area contributed by atoms with Gasteiger partial charge in [0.1, 0.15) is 36.9 Å². The summed E-state index contributed by atoms with van der Waals surface area (Å²) in [6.07, 6.45) is 6.83. The smallest absolute Gasteiger partial charge is 0.205 e. The second-order valence-corrected chi connectivity index (χ2v) is 15.1. The molecule has 3 atom stereocenters. The van der Waals surface area contributed by atoms with Gasteiger partial charge in [-0.15, -0.1) is 10.2 Å². The van der Waals surface area contributed by atoms with E-state index in [4.69, 9.17) is 30.9 Å². The van der Waals surface area contributed by atoms with Gasteiger partial charge in [-0.3, -0.25) is 4.90 Å². The van der Waals surface area contributed by atoms with E-state index in [2.05, 4.69) is 80.2 Å². The summed E-state index contributed by atoms with van der Waals surface area (Å²) in [5, 5.41) is 16.6. The van der Waals surface area contributed by atoms with Gasteiger partial charge in [0.2, 0.25) is 5.79 Å². The Labute approximate surface area is 314 Å². The van der Waals surface area contributed by atoms with Crippen molar-refractivity contribution < 1.29 is 14.2 Å². The minimum atomic E-state index is -0.946. The maximum absolute atomic E-state index is 6.57. The van der Waals surface area contributed by atoms with Crippen LogP contribution in [0.4, 0.5) is 17.1 Å². The molecule has 0 radical (unpaired) electrons. The lowest BCUT2D eigenvalue weighted by Crippen LogP contribution is -2.46. The summed E-state index contributed by atoms with van der Waals surface area (Å²) in [4.78, 5) is 7.17. The lowest BCUT2D eigenvalue weighted by Gasteiger charge is -2.37. The van der Waals surface area contributed by atoms with Crippen molar-refractivity contribution in [2.45, 2.75) is 56.2 Å². The van der Waals surface area contributed by atoms with E-state index in [0.717, 1.165) is 49.1 Å². The Bertz CT molecular complexity index is 1890. The fourth-order valence-electron chi connectivity index (χ4n) is 6.84. The molecule has 1 aliphatic carbocycles. The molecule has 4 heterocycles. The maximum atomic E-state index is 6.57. The number of anilines is 3. The average molecular weight is 741 g/mol. The molecule has 2 saturated heterocycles. The predicted molar refractivity (Wildman–Crippen MR) is 207 cm³/mol. The largest absolute Gasteiger partial charge is 0.491 e. The van der Waals surface area contributed by atoms with Crippen molar-refractivity contribution in [3.8, 4) is 5.75 Å². The number of rotatable bonds is 12. The SMILES string of the molecule is CC[C@@H](C)N1N=CN(c2ccc(N3CCN(c4ccc(OC[C@@H]5CO[C@@](CSc6nncn6C)(c6ccc(Cl)cc6)O5)cc4)CC3)cc2)C1=C1CC1. The quantitative estimate of drug-likeness (QED) is 0.140. The second-order valence-electron chi connectivity index (χ2n) is 13.7. The molecule has 8 rings (SSSR count). The van der Waals surface area contributed by atoms with Gasteiger partial charge in [0.25, 0.3) is 0 Å². The highest BCUT2D eigenvalue weighted by atomic mass is 35.5. The zero-order chi connectivity index (χ0) is 35.7. The number of aromatic nitrogens is 3. The van der Waals surface area contributed by atoms with Crippen molar-refractivity contribution in [2.75, 3.05) is 59.8 Å². The third kappa shape index (κ3) is 7.34. The van der Waals surface area contributed by atoms with Crippen molar-refractivity contribution >= 4 is 46.8 Å². The van der Waals surface area contributed by atoms with Crippen LogP contribution < -0.4 is 19.4 Å². The molecular weight excluding hydrogens is 696 g/mol. The molecule has 0 bridgehead atoms. The molecule has 4 aromatic rings. The van der Waals surface area contributed by atoms with Gasteiger partial charge < -0.3 is 28.6 Å². The van der Waals surface area contributed by atoms with Gasteiger partial charge in [0, 0.05) is 60.9 Å². The van der Waals surface area contributed by atoms with Crippen LogP contribution in [0.3, 0.4) is 0 Å². The van der Waals surface area contributed by atoms with E-state index < -0.39 is 5.79 Å². The monoisotopic (exact) mass is 740 g/mol. The summed E-state index contributed by atoms with van der Waals surface area (Å²) in [6, 6.07) is 25.3. The lowest BCUT2D eigenvalue weighted by atomic mass is 10.1. The highest BCUT2D eigenvalue weighted by Gasteiger charge is 2.44. The first kappa shape index (κ1) is 34.8. The number of aryl methyl sites for hydroxylation is 1. The summed E-state index contributed by atoms with van der Waals surface area (Å²) in [5.74, 6) is 1.63. The molecule has 52 heavy (non-hydrogen) atoms. The van der Waals surface area contributed by atoms with Crippen molar-refractivity contribution in [1.29, 1.82) is 0 Å². The highest BCUT2D eigenvalue weighted by Crippen LogP contribution is 2.41. The Morgan fingerprint density at radius 3 is 2.19 bits per heavy atom. The molecule has 0 amide bonds. The van der Waals surface area contributed by atoms with Crippen LogP contribution in [0, 0.1) is 0 Å². The number of thioether (sulfide) groups is 1. The number of allylic oxidation sites excluding steroid dienone is 1. The number of ether oxygens (including phenoxy) is 3. The Morgan fingerprint density at radius 2 is 1.58 bits per heavy atom. The Hall–Kier alpha value is -4.23. The van der Waals surface area contributed by atoms with Gasteiger partial charge in [-0.25, -0.2) is 5.01 Å². The number of piperazine rings is 1. The second kappa shape index (κ2) is 15.0. The average Bonchev–Trinajstić information content (AvgIpc) is 3.56. The third-order valence-corrected chi connectivity index (χ3v) is 11.6. The van der Waals surface area contributed by atoms with E-state index >= 15 is 0 Å². The third-order valence-electron chi connectivity index (χ3n) is 10.2. The normalized spacial score (nSPS) is 22.1. The van der Waals surface area contributed by atoms with Crippen molar-refractivity contribution in [3.05, 3.63) is 101 Å². The zero-order valence-electron chi connectivity index (χ0n) is 29.9. The molecule has 4 aliphatic rings. The van der Waals surface area contributed by atoms with Gasteiger partial charge in [0.15, 0.2) is 5.16 Å². The van der Waals surface area contributed by atoms with Gasteiger partial charge >= 0.3 is 0 Å². The molecule has 3 fully saturated rings. The molecule has 0 spiro atoms. The lowest BCUT2D eigenvalue weighted by molar-refractivity contribution is -0.160. The van der Waals surface area contributed by atoms with Crippen molar-refractivity contribution in [1.82, 2.24) is 19.8 Å². The van der Waals surface area contributed by atoms with Crippen LogP contribution >= 0.6 is 23.4 Å². The van der Waals surface area contributed by atoms with Crippen LogP contribution in [0.1, 0.15) is 38.7 Å². The molecule has 3 aromatic carbocycles. The molecule has 272 valence electrons. The summed E-state index contributed by atoms with van der Waals surface area (Å²) in [7, 11) is 1.92. The van der Waals surface area contributed by atoms with Crippen LogP contribution in [-0.2, 0) is 22.3 Å². The number of hydrazone groups is 1. The van der Waals surface area contributed by atoms with Crippen LogP contribution in [0.5, 0.6) is 5.75 Å². The van der Waals surface area contributed by atoms with Gasteiger partial charge in [-0.2, -0.15) is 5.10 Å². The fraction of sp³-hybridized carbons (Fsp3) is 0.410. The summed E-state index contributed by atoms with van der Waals surface area (Å²) < 4.78 is 21.0. The molecule has 3 aliphatic heterocycles. The molecule has 1 aromatic heterocycles. The summed E-state index contributed by atoms with van der Waals surface area (Å²) in [6.45, 7) is 9.08. The molecule has 11 nitrogen and oxygen atoms in total. The minimum absolute atomic E-state index is 0.238. The predicted octanol–water partition coefficient (Wildman–Crippen LogP) is 7.10. The maximum Gasteiger partial charge on any atom is 0.205 e. The number of hydrogen-bond donors (Lipinski definition) is 0. The first-order valence-corrected chi connectivity index (χ1v) is 19.5. The van der Waals surface area contributed by atoms with Gasteiger partial charge in [-0.05, 0) is 92.4 Å². The van der Waals surface area contributed by atoms with E-state index in [0.29, 0.717) is 30.0 Å². The fourth-order valence-corrected chi connectivity index (χ4v) is 7.96. The van der Waals surface area contributed by atoms with E-state index in [1.165, 1.54) is 53.1 Å². The molecule has 13 heteroatoms. The highest BCUT2D eigenvalue weighted by molar-refractivity contribution is 7.99. The van der Waals surface area contributed by atoms with E-state index in [1.807, 2.05) is 54.4 Å². The molecule has 0 unspecified atom stereocenters. The number of halogens is 1. The summed E-state index contributed by atoms with van der Waals surface area (Å²) >= 11 is 7.73. The van der Waals surface area contributed by atoms with Gasteiger partial charge in [0.05, 0.1) is 18.4 Å². The van der Waals surface area contributed by atoms with Crippen molar-refractivity contribution in [2.24, 2.45) is 12.1 Å². The van der Waals surface area contributed by atoms with E-state index in [-0.39, 0.29) is 6.10 Å². The number of nitrogens with zero attached hydrogens (tertiary/aromatic N) is 8. The van der Waals surface area contributed by atoms with Crippen LogP contribution in [-0.4, -0.2) is 83.4 Å². The zero-order valence-corrected chi connectivity index (χ0v) is 31.5. The molecule has 1 saturated carbocycles. The standard InChI is InChI=1S/C39H45ClN8O3S/c1-4-28(2)48-37(29-5-6-29)47(27-42-48)34-13-11-32(12-14-34)45-19-21-46(22-20-45)33-15-17-35(18-16-33)49-23-36-24-50-39(51-36,30-7-9-31(40)10-8-30)25-52-38-43-41-26-44(38)3/h7-18,26-28,36H,4-6,19-25H2,1-3H3/t28-,36-,39-/m1/s1. The van der Waals surface area contributed by atoms with Crippen LogP contribution in [0.25, 0.3) is 0 Å². The van der Waals surface area contributed by atoms with E-state index in [9.17, 15) is 0 Å². The van der Waals surface area contributed by atoms with Crippen LogP contribution in [0.15, 0.2) is 101 Å².